The maximum atomic E-state index is 9.54. The molecule has 0 saturated heterocycles. The first-order valence-corrected chi connectivity index (χ1v) is 11.5. The van der Waals surface area contributed by atoms with Crippen molar-refractivity contribution in [1.82, 2.24) is 0 Å². The standard InChI is InChI=1S/C8H20O4Si.C5H14O4Si/c1-5-10-13(8(4)9,11-6-2)12-7-3;1-7-10(8-2,9-3)5-4-6/h8-9H,5-7H2,1-4H3;6H,4-5H2,1-3H3. The first kappa shape index (κ1) is 25.4. The van der Waals surface area contributed by atoms with E-state index in [-0.39, 0.29) is 6.61 Å². The summed E-state index contributed by atoms with van der Waals surface area (Å²) in [7, 11) is -0.717. The molecule has 0 heterocycles. The van der Waals surface area contributed by atoms with Crippen LogP contribution in [0.1, 0.15) is 27.7 Å². The van der Waals surface area contributed by atoms with Gasteiger partial charge in [0.25, 0.3) is 0 Å². The van der Waals surface area contributed by atoms with Crippen LogP contribution in [0.25, 0.3) is 0 Å². The average Bonchev–Trinajstić information content (AvgIpc) is 2.54. The van der Waals surface area contributed by atoms with E-state index in [9.17, 15) is 5.11 Å². The van der Waals surface area contributed by atoms with Gasteiger partial charge in [0.05, 0.1) is 0 Å². The zero-order chi connectivity index (χ0) is 18.4. The molecule has 2 N–H and O–H groups in total. The van der Waals surface area contributed by atoms with E-state index in [1.807, 2.05) is 20.8 Å². The highest BCUT2D eigenvalue weighted by atomic mass is 28.4. The van der Waals surface area contributed by atoms with Gasteiger partial charge in [-0.1, -0.05) is 0 Å². The molecule has 0 aromatic rings. The van der Waals surface area contributed by atoms with Gasteiger partial charge in [0, 0.05) is 53.8 Å². The molecule has 0 aromatic carbocycles. The minimum absolute atomic E-state index is 0.0295. The van der Waals surface area contributed by atoms with Crippen LogP contribution in [0.3, 0.4) is 0 Å². The molecule has 10 heteroatoms. The van der Waals surface area contributed by atoms with Gasteiger partial charge in [0.2, 0.25) is 0 Å². The van der Waals surface area contributed by atoms with Crippen LogP contribution in [-0.2, 0) is 26.6 Å². The number of aliphatic hydroxyl groups is 2. The Labute approximate surface area is 142 Å². The molecular weight excluding hydrogens is 340 g/mol. The van der Waals surface area contributed by atoms with Crippen LogP contribution in [-0.4, -0.2) is 81.3 Å². The molecule has 0 aliphatic carbocycles. The summed E-state index contributed by atoms with van der Waals surface area (Å²) in [5.74, 6) is 0. The summed E-state index contributed by atoms with van der Waals surface area (Å²) >= 11 is 0. The van der Waals surface area contributed by atoms with Crippen LogP contribution in [0.15, 0.2) is 0 Å². The normalized spacial score (nSPS) is 13.4. The van der Waals surface area contributed by atoms with Gasteiger partial charge in [-0.25, -0.2) is 0 Å². The highest BCUT2D eigenvalue weighted by Gasteiger charge is 2.46. The van der Waals surface area contributed by atoms with Crippen molar-refractivity contribution in [2.24, 2.45) is 0 Å². The van der Waals surface area contributed by atoms with Gasteiger partial charge in [-0.15, -0.1) is 0 Å². The molecule has 0 saturated carbocycles. The molecule has 0 aliphatic rings. The molecule has 0 fully saturated rings. The van der Waals surface area contributed by atoms with Crippen LogP contribution in [0.5, 0.6) is 0 Å². The Bertz CT molecular complexity index is 239. The Hall–Kier alpha value is 0.114. The molecule has 1 unspecified atom stereocenters. The summed E-state index contributed by atoms with van der Waals surface area (Å²) < 4.78 is 31.3. The van der Waals surface area contributed by atoms with E-state index in [4.69, 9.17) is 31.7 Å². The summed E-state index contributed by atoms with van der Waals surface area (Å²) in [5.41, 5.74) is -0.674. The molecule has 0 rings (SSSR count). The van der Waals surface area contributed by atoms with Crippen LogP contribution in [0.4, 0.5) is 0 Å². The summed E-state index contributed by atoms with van der Waals surface area (Å²) in [4.78, 5) is 0. The van der Waals surface area contributed by atoms with Crippen LogP contribution in [0.2, 0.25) is 6.04 Å². The van der Waals surface area contributed by atoms with Crippen molar-refractivity contribution in [3.8, 4) is 0 Å². The van der Waals surface area contributed by atoms with Crippen LogP contribution < -0.4 is 0 Å². The van der Waals surface area contributed by atoms with Crippen molar-refractivity contribution in [2.45, 2.75) is 39.5 Å². The Kier molecular flexibility index (Phi) is 15.9. The summed E-state index contributed by atoms with van der Waals surface area (Å²) in [6.45, 7) is 8.76. The fourth-order valence-electron chi connectivity index (χ4n) is 1.78. The SMILES string of the molecule is CCO[Si](OCC)(OCC)C(C)O.CO[Si](CCO)(OC)OC. The predicted octanol–water partition coefficient (Wildman–Crippen LogP) is 0.812. The van der Waals surface area contributed by atoms with E-state index < -0.39 is 23.3 Å². The van der Waals surface area contributed by atoms with Gasteiger partial charge in [-0.2, -0.15) is 0 Å². The lowest BCUT2D eigenvalue weighted by Crippen LogP contribution is -2.55. The second-order valence-corrected chi connectivity index (χ2v) is 10.3. The van der Waals surface area contributed by atoms with Gasteiger partial charge in [-0.3, -0.25) is 0 Å². The smallest absolute Gasteiger partial charge is 0.396 e. The molecule has 0 amide bonds. The molecule has 142 valence electrons. The molecular formula is C13H34O8Si2. The molecule has 1 atom stereocenters. The third-order valence-electron chi connectivity index (χ3n) is 2.90. The van der Waals surface area contributed by atoms with E-state index in [0.29, 0.717) is 25.9 Å². The average molecular weight is 375 g/mol. The highest BCUT2D eigenvalue weighted by Crippen LogP contribution is 2.14. The lowest BCUT2D eigenvalue weighted by atomic mass is 10.9. The molecule has 0 aromatic heterocycles. The third-order valence-corrected chi connectivity index (χ3v) is 8.70. The number of rotatable bonds is 12. The molecule has 0 radical (unpaired) electrons. The zero-order valence-corrected chi connectivity index (χ0v) is 17.5. The Morgan fingerprint density at radius 1 is 0.826 bits per heavy atom. The van der Waals surface area contributed by atoms with Gasteiger partial charge in [0.1, 0.15) is 5.73 Å². The first-order valence-electron chi connectivity index (χ1n) is 7.73. The quantitative estimate of drug-likeness (QED) is 0.485. The molecule has 8 nitrogen and oxygen atoms in total. The van der Waals surface area contributed by atoms with E-state index >= 15 is 0 Å². The summed E-state index contributed by atoms with van der Waals surface area (Å²) in [5, 5.41) is 18.1. The fourth-order valence-corrected chi connectivity index (χ4v) is 5.35. The van der Waals surface area contributed by atoms with E-state index in [0.717, 1.165) is 0 Å². The van der Waals surface area contributed by atoms with Gasteiger partial charge in [0.15, 0.2) is 0 Å². The van der Waals surface area contributed by atoms with Crippen molar-refractivity contribution in [3.63, 3.8) is 0 Å². The van der Waals surface area contributed by atoms with Crippen LogP contribution in [0, 0.1) is 0 Å². The molecule has 23 heavy (non-hydrogen) atoms. The third kappa shape index (κ3) is 9.24. The Balaban J connectivity index is 0. The zero-order valence-electron chi connectivity index (χ0n) is 15.5. The predicted molar refractivity (Wildman–Crippen MR) is 91.0 cm³/mol. The monoisotopic (exact) mass is 374 g/mol. The maximum absolute atomic E-state index is 9.54. The van der Waals surface area contributed by atoms with Crippen molar-refractivity contribution in [2.75, 3.05) is 47.8 Å². The highest BCUT2D eigenvalue weighted by molar-refractivity contribution is 6.62. The second kappa shape index (κ2) is 14.5. The van der Waals surface area contributed by atoms with Gasteiger partial charge < -0.3 is 36.8 Å². The summed E-state index contributed by atoms with van der Waals surface area (Å²) in [6.07, 6.45) is 0. The number of hydrogen-bond acceptors (Lipinski definition) is 8. The second-order valence-electron chi connectivity index (χ2n) is 4.35. The van der Waals surface area contributed by atoms with Crippen molar-refractivity contribution < 1.29 is 36.8 Å². The maximum Gasteiger partial charge on any atom is 0.530 e. The van der Waals surface area contributed by atoms with Gasteiger partial charge >= 0.3 is 17.6 Å². The minimum Gasteiger partial charge on any atom is -0.396 e. The molecule has 0 bridgehead atoms. The van der Waals surface area contributed by atoms with Crippen molar-refractivity contribution >= 4 is 17.6 Å². The summed E-state index contributed by atoms with van der Waals surface area (Å²) in [6, 6.07) is 0.441. The molecule has 0 aliphatic heterocycles. The Morgan fingerprint density at radius 3 is 1.30 bits per heavy atom. The van der Waals surface area contributed by atoms with E-state index in [1.165, 1.54) is 21.3 Å². The lowest BCUT2D eigenvalue weighted by Gasteiger charge is -2.30. The molecule has 0 spiro atoms. The lowest BCUT2D eigenvalue weighted by molar-refractivity contribution is 0.0271. The van der Waals surface area contributed by atoms with Gasteiger partial charge in [-0.05, 0) is 27.7 Å². The van der Waals surface area contributed by atoms with Crippen molar-refractivity contribution in [1.29, 1.82) is 0 Å². The van der Waals surface area contributed by atoms with E-state index in [2.05, 4.69) is 0 Å². The number of hydrogen-bond donors (Lipinski definition) is 2. The minimum atomic E-state index is -2.82. The Morgan fingerprint density at radius 2 is 1.17 bits per heavy atom. The topological polar surface area (TPSA) is 95.8 Å². The first-order chi connectivity index (χ1) is 10.9. The van der Waals surface area contributed by atoms with Crippen molar-refractivity contribution in [3.05, 3.63) is 0 Å². The van der Waals surface area contributed by atoms with E-state index in [1.54, 1.807) is 6.92 Å². The number of aliphatic hydroxyl groups excluding tert-OH is 2. The van der Waals surface area contributed by atoms with Crippen LogP contribution >= 0.6 is 0 Å². The largest absolute Gasteiger partial charge is 0.530 e. The fraction of sp³-hybridized carbons (Fsp3) is 1.00.